The third-order valence-corrected chi connectivity index (χ3v) is 4.12. The van der Waals surface area contributed by atoms with E-state index in [9.17, 15) is 13.2 Å². The van der Waals surface area contributed by atoms with E-state index in [1.807, 2.05) is 0 Å². The molecule has 21 heavy (non-hydrogen) atoms. The fourth-order valence-electron chi connectivity index (χ4n) is 1.62. The highest BCUT2D eigenvalue weighted by Gasteiger charge is 2.19. The van der Waals surface area contributed by atoms with Crippen molar-refractivity contribution in [3.8, 4) is 0 Å². The summed E-state index contributed by atoms with van der Waals surface area (Å²) in [6.07, 6.45) is 1.41. The number of nitrogens with one attached hydrogen (secondary N) is 1. The molecule has 0 saturated carbocycles. The summed E-state index contributed by atoms with van der Waals surface area (Å²) in [4.78, 5) is 11.2. The van der Waals surface area contributed by atoms with E-state index >= 15 is 0 Å². The Balaban J connectivity index is 2.21. The van der Waals surface area contributed by atoms with E-state index in [1.165, 1.54) is 37.6 Å². The van der Waals surface area contributed by atoms with E-state index in [-0.39, 0.29) is 22.7 Å². The van der Waals surface area contributed by atoms with Gasteiger partial charge in [0.1, 0.15) is 4.90 Å². The normalized spacial score (nSPS) is 11.3. The first-order valence-corrected chi connectivity index (χ1v) is 7.29. The number of hydrogen-bond acceptors (Lipinski definition) is 7. The Kier molecular flexibility index (Phi) is 4.24. The number of nitrogens with zero attached hydrogens (tertiary/aromatic N) is 1. The van der Waals surface area contributed by atoms with Crippen molar-refractivity contribution in [2.75, 3.05) is 12.8 Å². The average Bonchev–Trinajstić information content (AvgIpc) is 2.97. The Morgan fingerprint density at radius 3 is 2.76 bits per heavy atom. The van der Waals surface area contributed by atoms with E-state index in [2.05, 4.69) is 14.6 Å². The van der Waals surface area contributed by atoms with Gasteiger partial charge in [-0.05, 0) is 18.2 Å². The summed E-state index contributed by atoms with van der Waals surface area (Å²) in [5.74, 6) is -0.233. The number of esters is 1. The maximum atomic E-state index is 12.1. The maximum absolute atomic E-state index is 12.1. The molecule has 9 heteroatoms. The molecule has 2 rings (SSSR count). The third kappa shape index (κ3) is 3.38. The van der Waals surface area contributed by atoms with Crippen LogP contribution in [0.3, 0.4) is 0 Å². The van der Waals surface area contributed by atoms with E-state index in [4.69, 9.17) is 10.3 Å². The second-order valence-electron chi connectivity index (χ2n) is 4.05. The van der Waals surface area contributed by atoms with Crippen LogP contribution in [-0.4, -0.2) is 26.7 Å². The van der Waals surface area contributed by atoms with Gasteiger partial charge in [-0.3, -0.25) is 0 Å². The summed E-state index contributed by atoms with van der Waals surface area (Å²) in [5.41, 5.74) is 5.80. The average molecular weight is 311 g/mol. The van der Waals surface area contributed by atoms with Crippen LogP contribution >= 0.6 is 0 Å². The molecule has 112 valence electrons. The number of rotatable bonds is 5. The molecule has 0 aliphatic heterocycles. The smallest absolute Gasteiger partial charge is 0.337 e. The van der Waals surface area contributed by atoms with Gasteiger partial charge in [-0.2, -0.15) is 0 Å². The molecule has 1 aromatic carbocycles. The number of methoxy groups -OCH3 is 1. The lowest BCUT2D eigenvalue weighted by Crippen LogP contribution is -2.24. The van der Waals surface area contributed by atoms with Crippen LogP contribution in [0.1, 0.15) is 16.1 Å². The van der Waals surface area contributed by atoms with E-state index < -0.39 is 16.0 Å². The minimum absolute atomic E-state index is 0.0528. The predicted octanol–water partition coefficient (Wildman–Crippen LogP) is 0.522. The van der Waals surface area contributed by atoms with Crippen LogP contribution in [0.4, 0.5) is 5.69 Å². The van der Waals surface area contributed by atoms with Gasteiger partial charge >= 0.3 is 5.97 Å². The number of anilines is 1. The van der Waals surface area contributed by atoms with Gasteiger partial charge < -0.3 is 15.0 Å². The van der Waals surface area contributed by atoms with Gasteiger partial charge in [-0.25, -0.2) is 17.9 Å². The number of ether oxygens (including phenoxy) is 1. The molecule has 1 aromatic heterocycles. The highest BCUT2D eigenvalue weighted by atomic mass is 32.2. The number of hydrogen-bond donors (Lipinski definition) is 2. The van der Waals surface area contributed by atoms with Gasteiger partial charge in [-0.1, -0.05) is 5.16 Å². The van der Waals surface area contributed by atoms with Gasteiger partial charge in [0, 0.05) is 6.07 Å². The molecule has 0 bridgehead atoms. The summed E-state index contributed by atoms with van der Waals surface area (Å²) < 4.78 is 35.9. The lowest BCUT2D eigenvalue weighted by Gasteiger charge is -2.09. The van der Waals surface area contributed by atoms with Crippen molar-refractivity contribution in [2.45, 2.75) is 11.4 Å². The number of aromatic nitrogens is 1. The summed E-state index contributed by atoms with van der Waals surface area (Å²) >= 11 is 0. The molecule has 0 unspecified atom stereocenters. The lowest BCUT2D eigenvalue weighted by atomic mass is 10.2. The molecule has 1 heterocycles. The van der Waals surface area contributed by atoms with E-state index in [0.717, 1.165) is 0 Å². The fraction of sp³-hybridized carbons (Fsp3) is 0.167. The standard InChI is InChI=1S/C12H13N3O5S/c1-19-12(16)8-2-3-11(10(13)6-8)21(17,18)15-7-9-4-5-14-20-9/h2-6,15H,7,13H2,1H3. The molecule has 0 radical (unpaired) electrons. The Morgan fingerprint density at radius 2 is 2.19 bits per heavy atom. The summed E-state index contributed by atoms with van der Waals surface area (Å²) in [6, 6.07) is 5.34. The zero-order valence-electron chi connectivity index (χ0n) is 11.1. The molecule has 2 aromatic rings. The molecular formula is C12H13N3O5S. The second-order valence-corrected chi connectivity index (χ2v) is 5.78. The predicted molar refractivity (Wildman–Crippen MR) is 72.7 cm³/mol. The van der Waals surface area contributed by atoms with Gasteiger partial charge in [0.25, 0.3) is 0 Å². The SMILES string of the molecule is COC(=O)c1ccc(S(=O)(=O)NCc2ccno2)c(N)c1. The highest BCUT2D eigenvalue weighted by molar-refractivity contribution is 7.89. The van der Waals surface area contributed by atoms with E-state index in [0.29, 0.717) is 5.76 Å². The van der Waals surface area contributed by atoms with Crippen LogP contribution in [-0.2, 0) is 21.3 Å². The summed E-state index contributed by atoms with van der Waals surface area (Å²) in [5, 5.41) is 3.47. The van der Waals surface area contributed by atoms with Crippen LogP contribution in [0.25, 0.3) is 0 Å². The number of carbonyl (C=O) groups is 1. The molecule has 0 spiro atoms. The summed E-state index contributed by atoms with van der Waals surface area (Å²) in [7, 11) is -2.61. The Morgan fingerprint density at radius 1 is 1.43 bits per heavy atom. The molecule has 0 saturated heterocycles. The molecule has 0 aliphatic rings. The maximum Gasteiger partial charge on any atom is 0.337 e. The van der Waals surface area contributed by atoms with Gasteiger partial charge in [0.15, 0.2) is 5.76 Å². The van der Waals surface area contributed by atoms with Crippen molar-refractivity contribution in [3.05, 3.63) is 41.8 Å². The van der Waals surface area contributed by atoms with Gasteiger partial charge in [0.05, 0.1) is 31.1 Å². The number of sulfonamides is 1. The third-order valence-electron chi connectivity index (χ3n) is 2.65. The van der Waals surface area contributed by atoms with Crippen LogP contribution in [0.15, 0.2) is 39.9 Å². The first kappa shape index (κ1) is 15.0. The van der Waals surface area contributed by atoms with Gasteiger partial charge in [-0.15, -0.1) is 0 Å². The second kappa shape index (κ2) is 5.94. The zero-order chi connectivity index (χ0) is 15.5. The first-order valence-electron chi connectivity index (χ1n) is 5.81. The van der Waals surface area contributed by atoms with Crippen molar-refractivity contribution >= 4 is 21.7 Å². The molecule has 0 amide bonds. The van der Waals surface area contributed by atoms with Crippen LogP contribution < -0.4 is 10.5 Å². The quantitative estimate of drug-likeness (QED) is 0.609. The van der Waals surface area contributed by atoms with E-state index in [1.54, 1.807) is 0 Å². The Labute approximate surface area is 120 Å². The number of carbonyl (C=O) groups excluding carboxylic acids is 1. The van der Waals surface area contributed by atoms with Crippen molar-refractivity contribution in [1.82, 2.24) is 9.88 Å². The van der Waals surface area contributed by atoms with Crippen molar-refractivity contribution < 1.29 is 22.5 Å². The summed E-state index contributed by atoms with van der Waals surface area (Å²) in [6.45, 7) is -0.0550. The Hall–Kier alpha value is -2.39. The minimum atomic E-state index is -3.83. The molecule has 0 atom stereocenters. The monoisotopic (exact) mass is 311 g/mol. The van der Waals surface area contributed by atoms with Crippen molar-refractivity contribution in [2.24, 2.45) is 0 Å². The highest BCUT2D eigenvalue weighted by Crippen LogP contribution is 2.20. The number of nitrogens with two attached hydrogens (primary N) is 1. The molecular weight excluding hydrogens is 298 g/mol. The van der Waals surface area contributed by atoms with Crippen molar-refractivity contribution in [3.63, 3.8) is 0 Å². The largest absolute Gasteiger partial charge is 0.465 e. The lowest BCUT2D eigenvalue weighted by molar-refractivity contribution is 0.0600. The fourth-order valence-corrected chi connectivity index (χ4v) is 2.72. The molecule has 0 aliphatic carbocycles. The number of nitrogen functional groups attached to an aromatic ring is 1. The van der Waals surface area contributed by atoms with Crippen LogP contribution in [0, 0.1) is 0 Å². The molecule has 8 nitrogen and oxygen atoms in total. The van der Waals surface area contributed by atoms with Crippen molar-refractivity contribution in [1.29, 1.82) is 0 Å². The van der Waals surface area contributed by atoms with Gasteiger partial charge in [0.2, 0.25) is 10.0 Å². The topological polar surface area (TPSA) is 125 Å². The minimum Gasteiger partial charge on any atom is -0.465 e. The Bertz CT molecular complexity index is 740. The number of benzene rings is 1. The zero-order valence-corrected chi connectivity index (χ0v) is 11.9. The molecule has 0 fully saturated rings. The molecule has 3 N–H and O–H groups in total. The van der Waals surface area contributed by atoms with Crippen LogP contribution in [0.5, 0.6) is 0 Å². The first-order chi connectivity index (χ1) is 9.94. The van der Waals surface area contributed by atoms with Crippen LogP contribution in [0.2, 0.25) is 0 Å².